The average Bonchev–Trinajstić information content (AvgIpc) is 2.53. The highest BCUT2D eigenvalue weighted by atomic mass is 16.5. The number of benzene rings is 1. The second kappa shape index (κ2) is 5.83. The summed E-state index contributed by atoms with van der Waals surface area (Å²) >= 11 is 0. The summed E-state index contributed by atoms with van der Waals surface area (Å²) in [6.07, 6.45) is 0.0562. The maximum atomic E-state index is 12.7. The average molecular weight is 291 g/mol. The van der Waals surface area contributed by atoms with Crippen molar-refractivity contribution in [3.8, 4) is 0 Å². The van der Waals surface area contributed by atoms with Crippen molar-refractivity contribution < 1.29 is 24.2 Å². The lowest BCUT2D eigenvalue weighted by Crippen LogP contribution is -2.54. The van der Waals surface area contributed by atoms with Crippen LogP contribution in [0, 0.1) is 0 Å². The van der Waals surface area contributed by atoms with Crippen LogP contribution in [0.1, 0.15) is 17.2 Å². The minimum atomic E-state index is -1.05. The maximum Gasteiger partial charge on any atom is 0.328 e. The maximum absolute atomic E-state index is 12.7. The van der Waals surface area contributed by atoms with Gasteiger partial charge in [0, 0.05) is 6.54 Å². The lowest BCUT2D eigenvalue weighted by Gasteiger charge is -2.36. The fraction of sp³-hybridized carbons (Fsp3) is 0.467. The number of ether oxygens (including phenoxy) is 2. The van der Waals surface area contributed by atoms with Gasteiger partial charge in [-0.2, -0.15) is 0 Å². The highest BCUT2D eigenvalue weighted by Crippen LogP contribution is 2.29. The number of carboxylic acids is 1. The fourth-order valence-electron chi connectivity index (χ4n) is 2.82. The van der Waals surface area contributed by atoms with E-state index < -0.39 is 18.1 Å². The zero-order valence-corrected chi connectivity index (χ0v) is 11.5. The van der Waals surface area contributed by atoms with E-state index in [0.717, 1.165) is 17.5 Å². The molecule has 1 amide bonds. The van der Waals surface area contributed by atoms with Gasteiger partial charge in [0.25, 0.3) is 5.91 Å². The highest BCUT2D eigenvalue weighted by Gasteiger charge is 2.38. The van der Waals surface area contributed by atoms with Crippen LogP contribution >= 0.6 is 0 Å². The molecule has 2 aliphatic rings. The molecule has 0 aliphatic carbocycles. The Hall–Kier alpha value is -1.92. The van der Waals surface area contributed by atoms with Gasteiger partial charge in [-0.1, -0.05) is 24.3 Å². The number of carbonyl (C=O) groups is 2. The first kappa shape index (κ1) is 14.0. The molecule has 112 valence electrons. The molecule has 0 aromatic heterocycles. The van der Waals surface area contributed by atoms with Crippen LogP contribution in [0.2, 0.25) is 0 Å². The zero-order valence-electron chi connectivity index (χ0n) is 11.5. The summed E-state index contributed by atoms with van der Waals surface area (Å²) in [4.78, 5) is 25.4. The van der Waals surface area contributed by atoms with E-state index in [1.54, 1.807) is 0 Å². The number of amides is 1. The van der Waals surface area contributed by atoms with Crippen LogP contribution in [-0.4, -0.2) is 54.3 Å². The summed E-state index contributed by atoms with van der Waals surface area (Å²) in [5, 5.41) is 9.24. The third kappa shape index (κ3) is 2.64. The van der Waals surface area contributed by atoms with Gasteiger partial charge in [0.1, 0.15) is 0 Å². The van der Waals surface area contributed by atoms with Crippen LogP contribution in [0.3, 0.4) is 0 Å². The van der Waals surface area contributed by atoms with Crippen LogP contribution in [0.25, 0.3) is 0 Å². The molecule has 2 aliphatic heterocycles. The number of carboxylic acid groups (broad SMARTS) is 1. The SMILES string of the molecule is O=C(O)C1COCCN1C(=O)C1OCCc2ccccc21. The summed E-state index contributed by atoms with van der Waals surface area (Å²) < 4.78 is 10.8. The fourth-order valence-corrected chi connectivity index (χ4v) is 2.82. The second-order valence-electron chi connectivity index (χ2n) is 5.16. The molecule has 6 nitrogen and oxygen atoms in total. The normalized spacial score (nSPS) is 25.2. The first-order valence-electron chi connectivity index (χ1n) is 6.99. The molecular weight excluding hydrogens is 274 g/mol. The van der Waals surface area contributed by atoms with Gasteiger partial charge in [-0.05, 0) is 17.5 Å². The van der Waals surface area contributed by atoms with E-state index in [0.29, 0.717) is 13.2 Å². The topological polar surface area (TPSA) is 76.1 Å². The summed E-state index contributed by atoms with van der Waals surface area (Å²) in [5.41, 5.74) is 1.92. The Morgan fingerprint density at radius 2 is 2.05 bits per heavy atom. The minimum absolute atomic E-state index is 0.0233. The van der Waals surface area contributed by atoms with Gasteiger partial charge in [-0.3, -0.25) is 4.79 Å². The van der Waals surface area contributed by atoms with Gasteiger partial charge < -0.3 is 19.5 Å². The Balaban J connectivity index is 1.86. The molecule has 0 radical (unpaired) electrons. The number of hydrogen-bond acceptors (Lipinski definition) is 4. The number of hydrogen-bond donors (Lipinski definition) is 1. The van der Waals surface area contributed by atoms with Crippen molar-refractivity contribution in [1.82, 2.24) is 4.90 Å². The smallest absolute Gasteiger partial charge is 0.328 e. The van der Waals surface area contributed by atoms with E-state index in [2.05, 4.69) is 0 Å². The summed E-state index contributed by atoms with van der Waals surface area (Å²) in [6, 6.07) is 6.70. The first-order valence-corrected chi connectivity index (χ1v) is 6.99. The number of aliphatic carboxylic acids is 1. The number of carbonyl (C=O) groups excluding carboxylic acids is 1. The number of fused-ring (bicyclic) bond motifs is 1. The van der Waals surface area contributed by atoms with Crippen molar-refractivity contribution >= 4 is 11.9 Å². The predicted octanol–water partition coefficient (Wildman–Crippen LogP) is 0.612. The molecule has 6 heteroatoms. The van der Waals surface area contributed by atoms with E-state index in [1.165, 1.54) is 4.90 Å². The van der Waals surface area contributed by atoms with E-state index in [-0.39, 0.29) is 19.1 Å². The van der Waals surface area contributed by atoms with Crippen molar-refractivity contribution in [3.63, 3.8) is 0 Å². The predicted molar refractivity (Wildman–Crippen MR) is 72.8 cm³/mol. The van der Waals surface area contributed by atoms with Gasteiger partial charge in [0.15, 0.2) is 12.1 Å². The van der Waals surface area contributed by atoms with Crippen LogP contribution in [0.4, 0.5) is 0 Å². The molecule has 1 saturated heterocycles. The standard InChI is InChI=1S/C15H17NO5/c17-14(16-6-8-20-9-12(16)15(18)19)13-11-4-2-1-3-10(11)5-7-21-13/h1-4,12-13H,5-9H2,(H,18,19). The van der Waals surface area contributed by atoms with Crippen LogP contribution in [0.5, 0.6) is 0 Å². The number of nitrogens with zero attached hydrogens (tertiary/aromatic N) is 1. The molecule has 1 aromatic rings. The molecule has 2 unspecified atom stereocenters. The third-order valence-electron chi connectivity index (χ3n) is 3.91. The molecule has 3 rings (SSSR count). The molecule has 0 saturated carbocycles. The molecule has 0 spiro atoms. The van der Waals surface area contributed by atoms with Crippen LogP contribution in [0.15, 0.2) is 24.3 Å². The van der Waals surface area contributed by atoms with Gasteiger partial charge >= 0.3 is 5.97 Å². The Kier molecular flexibility index (Phi) is 3.90. The number of morpholine rings is 1. The van der Waals surface area contributed by atoms with Crippen molar-refractivity contribution in [2.75, 3.05) is 26.4 Å². The van der Waals surface area contributed by atoms with E-state index in [9.17, 15) is 14.7 Å². The molecule has 1 N–H and O–H groups in total. The quantitative estimate of drug-likeness (QED) is 0.864. The molecule has 2 atom stereocenters. The largest absolute Gasteiger partial charge is 0.480 e. The molecule has 2 heterocycles. The van der Waals surface area contributed by atoms with Gasteiger partial charge in [-0.15, -0.1) is 0 Å². The Bertz CT molecular complexity index is 559. The van der Waals surface area contributed by atoms with Crippen molar-refractivity contribution in [1.29, 1.82) is 0 Å². The molecular formula is C15H17NO5. The lowest BCUT2D eigenvalue weighted by atomic mass is 9.96. The third-order valence-corrected chi connectivity index (χ3v) is 3.91. The van der Waals surface area contributed by atoms with Gasteiger partial charge in [0.05, 0.1) is 19.8 Å². The molecule has 1 aromatic carbocycles. The lowest BCUT2D eigenvalue weighted by molar-refractivity contribution is -0.165. The van der Waals surface area contributed by atoms with Crippen molar-refractivity contribution in [2.45, 2.75) is 18.6 Å². The Morgan fingerprint density at radius 1 is 1.24 bits per heavy atom. The molecule has 1 fully saturated rings. The van der Waals surface area contributed by atoms with Gasteiger partial charge in [-0.25, -0.2) is 4.79 Å². The van der Waals surface area contributed by atoms with Gasteiger partial charge in [0.2, 0.25) is 0 Å². The van der Waals surface area contributed by atoms with E-state index >= 15 is 0 Å². The summed E-state index contributed by atoms with van der Waals surface area (Å²) in [6.45, 7) is 1.12. The zero-order chi connectivity index (χ0) is 14.8. The first-order chi connectivity index (χ1) is 10.2. The molecule has 0 bridgehead atoms. The van der Waals surface area contributed by atoms with E-state index in [4.69, 9.17) is 9.47 Å². The minimum Gasteiger partial charge on any atom is -0.480 e. The molecule has 21 heavy (non-hydrogen) atoms. The Labute approximate surface area is 122 Å². The summed E-state index contributed by atoms with van der Waals surface area (Å²) in [5.74, 6) is -1.34. The van der Waals surface area contributed by atoms with Crippen LogP contribution in [-0.2, 0) is 25.5 Å². The van der Waals surface area contributed by atoms with E-state index in [1.807, 2.05) is 24.3 Å². The Morgan fingerprint density at radius 3 is 2.86 bits per heavy atom. The second-order valence-corrected chi connectivity index (χ2v) is 5.16. The van der Waals surface area contributed by atoms with Crippen molar-refractivity contribution in [3.05, 3.63) is 35.4 Å². The summed E-state index contributed by atoms with van der Waals surface area (Å²) in [7, 11) is 0. The number of rotatable bonds is 2. The monoisotopic (exact) mass is 291 g/mol. The van der Waals surface area contributed by atoms with Crippen molar-refractivity contribution in [2.24, 2.45) is 0 Å². The highest BCUT2D eigenvalue weighted by molar-refractivity contribution is 5.88. The van der Waals surface area contributed by atoms with Crippen LogP contribution < -0.4 is 0 Å².